The van der Waals surface area contributed by atoms with Crippen molar-refractivity contribution in [2.24, 2.45) is 5.73 Å². The minimum Gasteiger partial charge on any atom is -0.326 e. The first kappa shape index (κ1) is 9.93. The SMILES string of the molecule is CSc1nc(C2CC2)nc(C)c1CN. The molecule has 0 spiro atoms. The molecular weight excluding hydrogens is 194 g/mol. The van der Waals surface area contributed by atoms with E-state index in [1.54, 1.807) is 11.8 Å². The Labute approximate surface area is 88.5 Å². The monoisotopic (exact) mass is 209 g/mol. The first-order valence-electron chi connectivity index (χ1n) is 4.87. The lowest BCUT2D eigenvalue weighted by molar-refractivity contribution is 0.812. The summed E-state index contributed by atoms with van der Waals surface area (Å²) in [6, 6.07) is 0. The van der Waals surface area contributed by atoms with Crippen LogP contribution < -0.4 is 5.73 Å². The highest BCUT2D eigenvalue weighted by molar-refractivity contribution is 7.98. The van der Waals surface area contributed by atoms with Crippen LogP contribution in [0, 0.1) is 6.92 Å². The van der Waals surface area contributed by atoms with E-state index in [0.717, 1.165) is 22.1 Å². The van der Waals surface area contributed by atoms with Crippen LogP contribution in [0.15, 0.2) is 5.03 Å². The minimum atomic E-state index is 0.535. The molecule has 0 bridgehead atoms. The summed E-state index contributed by atoms with van der Waals surface area (Å²) in [6.07, 6.45) is 4.53. The van der Waals surface area contributed by atoms with Gasteiger partial charge in [-0.3, -0.25) is 0 Å². The van der Waals surface area contributed by atoms with E-state index in [0.29, 0.717) is 12.5 Å². The summed E-state index contributed by atoms with van der Waals surface area (Å²) in [5.41, 5.74) is 7.82. The molecule has 0 atom stereocenters. The van der Waals surface area contributed by atoms with Crippen LogP contribution in [0.3, 0.4) is 0 Å². The molecule has 0 saturated heterocycles. The van der Waals surface area contributed by atoms with Crippen molar-refractivity contribution in [3.63, 3.8) is 0 Å². The Morgan fingerprint density at radius 2 is 2.14 bits per heavy atom. The van der Waals surface area contributed by atoms with Crippen LogP contribution in [0.5, 0.6) is 0 Å². The summed E-state index contributed by atoms with van der Waals surface area (Å²) < 4.78 is 0. The van der Waals surface area contributed by atoms with E-state index >= 15 is 0 Å². The van der Waals surface area contributed by atoms with Crippen molar-refractivity contribution in [2.45, 2.75) is 37.3 Å². The fourth-order valence-electron chi connectivity index (χ4n) is 1.52. The molecule has 1 aromatic heterocycles. The number of hydrogen-bond donors (Lipinski definition) is 1. The fraction of sp³-hybridized carbons (Fsp3) is 0.600. The molecule has 1 aliphatic rings. The molecular formula is C10H15N3S. The molecule has 2 N–H and O–H groups in total. The number of rotatable bonds is 3. The standard InChI is InChI=1S/C10H15N3S/c1-6-8(5-11)10(14-2)13-9(12-6)7-3-4-7/h7H,3-5,11H2,1-2H3. The molecule has 1 saturated carbocycles. The quantitative estimate of drug-likeness (QED) is 0.609. The molecule has 2 rings (SSSR count). The molecule has 1 aromatic rings. The zero-order valence-electron chi connectivity index (χ0n) is 8.58. The third kappa shape index (κ3) is 1.77. The molecule has 1 aliphatic carbocycles. The average molecular weight is 209 g/mol. The Kier molecular flexibility index (Phi) is 2.74. The van der Waals surface area contributed by atoms with Gasteiger partial charge in [-0.1, -0.05) is 0 Å². The van der Waals surface area contributed by atoms with E-state index < -0.39 is 0 Å². The van der Waals surface area contributed by atoms with Gasteiger partial charge in [-0.25, -0.2) is 9.97 Å². The van der Waals surface area contributed by atoms with Gasteiger partial charge >= 0.3 is 0 Å². The predicted molar refractivity (Wildman–Crippen MR) is 58.4 cm³/mol. The van der Waals surface area contributed by atoms with Crippen molar-refractivity contribution in [3.05, 3.63) is 17.1 Å². The van der Waals surface area contributed by atoms with Gasteiger partial charge in [0.05, 0.1) is 0 Å². The van der Waals surface area contributed by atoms with Crippen molar-refractivity contribution in [1.82, 2.24) is 9.97 Å². The average Bonchev–Trinajstić information content (AvgIpc) is 2.99. The molecule has 0 radical (unpaired) electrons. The Morgan fingerprint density at radius 1 is 1.43 bits per heavy atom. The fourth-order valence-corrected chi connectivity index (χ4v) is 2.18. The van der Waals surface area contributed by atoms with E-state index in [2.05, 4.69) is 9.97 Å². The zero-order chi connectivity index (χ0) is 10.1. The van der Waals surface area contributed by atoms with Crippen molar-refractivity contribution in [2.75, 3.05) is 6.26 Å². The van der Waals surface area contributed by atoms with Gasteiger partial charge in [0, 0.05) is 23.7 Å². The van der Waals surface area contributed by atoms with Crippen LogP contribution in [0.2, 0.25) is 0 Å². The number of nitrogens with zero attached hydrogens (tertiary/aromatic N) is 2. The maximum Gasteiger partial charge on any atom is 0.132 e. The third-order valence-electron chi connectivity index (χ3n) is 2.53. The molecule has 0 aliphatic heterocycles. The smallest absolute Gasteiger partial charge is 0.132 e. The summed E-state index contributed by atoms with van der Waals surface area (Å²) in [5.74, 6) is 1.63. The van der Waals surface area contributed by atoms with Gasteiger partial charge in [0.25, 0.3) is 0 Å². The Hall–Kier alpha value is -0.610. The summed E-state index contributed by atoms with van der Waals surface area (Å²) in [5, 5.41) is 1.06. The second kappa shape index (κ2) is 3.87. The third-order valence-corrected chi connectivity index (χ3v) is 3.26. The maximum atomic E-state index is 5.68. The normalized spacial score (nSPS) is 15.9. The molecule has 0 aromatic carbocycles. The van der Waals surface area contributed by atoms with Gasteiger partial charge in [-0.15, -0.1) is 11.8 Å². The molecule has 1 heterocycles. The van der Waals surface area contributed by atoms with Crippen molar-refractivity contribution in [3.8, 4) is 0 Å². The van der Waals surface area contributed by atoms with E-state index in [9.17, 15) is 0 Å². The van der Waals surface area contributed by atoms with Crippen LogP contribution in [-0.2, 0) is 6.54 Å². The highest BCUT2D eigenvalue weighted by atomic mass is 32.2. The van der Waals surface area contributed by atoms with Crippen LogP contribution in [0.1, 0.15) is 35.8 Å². The first-order valence-corrected chi connectivity index (χ1v) is 6.10. The Balaban J connectivity index is 2.43. The lowest BCUT2D eigenvalue weighted by Crippen LogP contribution is -2.07. The molecule has 3 nitrogen and oxygen atoms in total. The van der Waals surface area contributed by atoms with Crippen LogP contribution >= 0.6 is 11.8 Å². The molecule has 0 amide bonds. The van der Waals surface area contributed by atoms with E-state index in [1.165, 1.54) is 12.8 Å². The Bertz CT molecular complexity index is 347. The highest BCUT2D eigenvalue weighted by Crippen LogP contribution is 2.39. The number of aryl methyl sites for hydroxylation is 1. The lowest BCUT2D eigenvalue weighted by Gasteiger charge is -2.09. The molecule has 1 fully saturated rings. The first-order chi connectivity index (χ1) is 6.76. The molecule has 0 unspecified atom stereocenters. The second-order valence-electron chi connectivity index (χ2n) is 3.63. The van der Waals surface area contributed by atoms with Crippen molar-refractivity contribution in [1.29, 1.82) is 0 Å². The highest BCUT2D eigenvalue weighted by Gasteiger charge is 2.27. The number of aromatic nitrogens is 2. The number of nitrogens with two attached hydrogens (primary N) is 1. The summed E-state index contributed by atoms with van der Waals surface area (Å²) in [4.78, 5) is 9.07. The minimum absolute atomic E-state index is 0.535. The summed E-state index contributed by atoms with van der Waals surface area (Å²) in [7, 11) is 0. The van der Waals surface area contributed by atoms with Gasteiger partial charge < -0.3 is 5.73 Å². The van der Waals surface area contributed by atoms with Crippen LogP contribution in [0.4, 0.5) is 0 Å². The van der Waals surface area contributed by atoms with Gasteiger partial charge in [-0.05, 0) is 26.0 Å². The van der Waals surface area contributed by atoms with Gasteiger partial charge in [-0.2, -0.15) is 0 Å². The summed E-state index contributed by atoms with van der Waals surface area (Å²) in [6.45, 7) is 2.56. The predicted octanol–water partition coefficient (Wildman–Crippen LogP) is 1.84. The van der Waals surface area contributed by atoms with E-state index in [4.69, 9.17) is 5.73 Å². The van der Waals surface area contributed by atoms with Gasteiger partial charge in [0.1, 0.15) is 10.9 Å². The van der Waals surface area contributed by atoms with E-state index in [-0.39, 0.29) is 0 Å². The Morgan fingerprint density at radius 3 is 2.64 bits per heavy atom. The molecule has 76 valence electrons. The topological polar surface area (TPSA) is 51.8 Å². The number of thioether (sulfide) groups is 1. The lowest BCUT2D eigenvalue weighted by atomic mass is 10.2. The maximum absolute atomic E-state index is 5.68. The van der Waals surface area contributed by atoms with Gasteiger partial charge in [0.15, 0.2) is 0 Å². The second-order valence-corrected chi connectivity index (χ2v) is 4.43. The van der Waals surface area contributed by atoms with E-state index in [1.807, 2.05) is 13.2 Å². The largest absolute Gasteiger partial charge is 0.326 e. The molecule has 14 heavy (non-hydrogen) atoms. The number of hydrogen-bond acceptors (Lipinski definition) is 4. The van der Waals surface area contributed by atoms with Crippen molar-refractivity contribution >= 4 is 11.8 Å². The van der Waals surface area contributed by atoms with Gasteiger partial charge in [0.2, 0.25) is 0 Å². The van der Waals surface area contributed by atoms with Crippen LogP contribution in [0.25, 0.3) is 0 Å². The summed E-state index contributed by atoms with van der Waals surface area (Å²) >= 11 is 1.66. The zero-order valence-corrected chi connectivity index (χ0v) is 9.40. The molecule has 4 heteroatoms. The van der Waals surface area contributed by atoms with Crippen LogP contribution in [-0.4, -0.2) is 16.2 Å². The van der Waals surface area contributed by atoms with Crippen molar-refractivity contribution < 1.29 is 0 Å².